The first-order valence-corrected chi connectivity index (χ1v) is 9.94. The minimum Gasteiger partial charge on any atom is -0.423 e. The predicted octanol–water partition coefficient (Wildman–Crippen LogP) is 6.10. The number of carbonyl (C=O) groups is 1. The van der Waals surface area contributed by atoms with Gasteiger partial charge in [-0.2, -0.15) is 0 Å². The van der Waals surface area contributed by atoms with Gasteiger partial charge in [-0.3, -0.25) is 0 Å². The summed E-state index contributed by atoms with van der Waals surface area (Å²) in [4.78, 5) is 17.0. The number of ether oxygens (including phenoxy) is 1. The Morgan fingerprint density at radius 1 is 1.04 bits per heavy atom. The molecule has 4 rings (SSSR count). The molecule has 4 aromatic rings. The lowest BCUT2D eigenvalue weighted by Gasteiger charge is -2.06. The second kappa shape index (κ2) is 7.17. The zero-order valence-electron chi connectivity index (χ0n) is 13.9. The monoisotopic (exact) mass is 471 g/mol. The van der Waals surface area contributed by atoms with E-state index in [4.69, 9.17) is 4.74 Å². The maximum Gasteiger partial charge on any atom is 0.344 e. The van der Waals surface area contributed by atoms with Crippen LogP contribution < -0.4 is 4.74 Å². The molecule has 3 nitrogen and oxygen atoms in total. The molecule has 0 N–H and O–H groups in total. The second-order valence-corrected chi connectivity index (χ2v) is 8.08. The van der Waals surface area contributed by atoms with Gasteiger partial charge in [0.1, 0.15) is 10.8 Å². The lowest BCUT2D eigenvalue weighted by atomic mass is 10.2. The first-order valence-electron chi connectivity index (χ1n) is 8.04. The molecule has 0 bridgehead atoms. The van der Waals surface area contributed by atoms with Gasteiger partial charge in [-0.1, -0.05) is 18.2 Å². The normalized spacial score (nSPS) is 10.8. The maximum absolute atomic E-state index is 12.3. The van der Waals surface area contributed by atoms with Crippen molar-refractivity contribution in [2.45, 2.75) is 6.92 Å². The summed E-state index contributed by atoms with van der Waals surface area (Å²) in [5.41, 5.74) is 3.81. The molecule has 0 aliphatic rings. The highest BCUT2D eigenvalue weighted by Crippen LogP contribution is 2.31. The molecule has 0 aliphatic heterocycles. The van der Waals surface area contributed by atoms with E-state index in [1.54, 1.807) is 29.5 Å². The van der Waals surface area contributed by atoms with Crippen molar-refractivity contribution in [3.8, 4) is 16.3 Å². The molecule has 0 saturated heterocycles. The van der Waals surface area contributed by atoms with Crippen molar-refractivity contribution in [2.75, 3.05) is 0 Å². The molecular weight excluding hydrogens is 457 g/mol. The first kappa shape index (κ1) is 17.2. The van der Waals surface area contributed by atoms with E-state index in [2.05, 4.69) is 46.6 Å². The Morgan fingerprint density at radius 2 is 1.81 bits per heavy atom. The highest BCUT2D eigenvalue weighted by molar-refractivity contribution is 14.1. The van der Waals surface area contributed by atoms with Crippen LogP contribution in [0.25, 0.3) is 20.8 Å². The van der Waals surface area contributed by atoms with Crippen LogP contribution in [-0.2, 0) is 0 Å². The zero-order chi connectivity index (χ0) is 18.1. The van der Waals surface area contributed by atoms with Crippen LogP contribution in [0.4, 0.5) is 0 Å². The number of nitrogens with zero attached hydrogens (tertiary/aromatic N) is 1. The van der Waals surface area contributed by atoms with Crippen molar-refractivity contribution < 1.29 is 9.53 Å². The van der Waals surface area contributed by atoms with E-state index in [9.17, 15) is 4.79 Å². The third-order valence-electron chi connectivity index (χ3n) is 3.95. The molecule has 0 spiro atoms. The fourth-order valence-electron chi connectivity index (χ4n) is 2.61. The van der Waals surface area contributed by atoms with Gasteiger partial charge in [0.25, 0.3) is 0 Å². The maximum atomic E-state index is 12.3. The number of benzene rings is 3. The van der Waals surface area contributed by atoms with Gasteiger partial charge in [-0.25, -0.2) is 9.78 Å². The average Bonchev–Trinajstić information content (AvgIpc) is 3.05. The number of fused-ring (bicyclic) bond motifs is 1. The van der Waals surface area contributed by atoms with Crippen LogP contribution in [0.2, 0.25) is 0 Å². The van der Waals surface area contributed by atoms with Gasteiger partial charge < -0.3 is 4.74 Å². The molecule has 5 heteroatoms. The van der Waals surface area contributed by atoms with Gasteiger partial charge in [-0.05, 0) is 83.6 Å². The molecule has 0 saturated carbocycles. The fourth-order valence-corrected chi connectivity index (χ4v) is 4.29. The predicted molar refractivity (Wildman–Crippen MR) is 114 cm³/mol. The van der Waals surface area contributed by atoms with Gasteiger partial charge >= 0.3 is 5.97 Å². The number of aromatic nitrogens is 1. The molecule has 0 fully saturated rings. The summed E-state index contributed by atoms with van der Waals surface area (Å²) in [6, 6.07) is 21.1. The Hall–Kier alpha value is -2.25. The highest BCUT2D eigenvalue weighted by Gasteiger charge is 2.12. The third kappa shape index (κ3) is 3.50. The number of esters is 1. The Labute approximate surface area is 168 Å². The van der Waals surface area contributed by atoms with Gasteiger partial charge in [0.05, 0.1) is 15.8 Å². The van der Waals surface area contributed by atoms with Crippen molar-refractivity contribution in [3.63, 3.8) is 0 Å². The Balaban J connectivity index is 1.56. The Kier molecular flexibility index (Phi) is 4.74. The van der Waals surface area contributed by atoms with Gasteiger partial charge in [0.2, 0.25) is 0 Å². The average molecular weight is 471 g/mol. The summed E-state index contributed by atoms with van der Waals surface area (Å²) >= 11 is 3.80. The molecule has 0 unspecified atom stereocenters. The van der Waals surface area contributed by atoms with Crippen LogP contribution in [0, 0.1) is 10.5 Å². The summed E-state index contributed by atoms with van der Waals surface area (Å²) < 4.78 is 7.53. The number of rotatable bonds is 3. The number of carbonyl (C=O) groups excluding carboxylic acids is 1. The molecule has 0 aliphatic carbocycles. The van der Waals surface area contributed by atoms with Gasteiger partial charge in [0, 0.05) is 9.13 Å². The van der Waals surface area contributed by atoms with Crippen molar-refractivity contribution in [1.29, 1.82) is 0 Å². The highest BCUT2D eigenvalue weighted by atomic mass is 127. The molecule has 1 aromatic heterocycles. The minimum absolute atomic E-state index is 0.349. The minimum atomic E-state index is -0.349. The number of hydrogen-bond donors (Lipinski definition) is 0. The summed E-state index contributed by atoms with van der Waals surface area (Å²) in [6.45, 7) is 2.08. The molecule has 3 aromatic carbocycles. The van der Waals surface area contributed by atoms with E-state index in [0.29, 0.717) is 11.3 Å². The summed E-state index contributed by atoms with van der Waals surface area (Å²) in [7, 11) is 0. The molecular formula is C21H14INO2S. The number of halogens is 1. The van der Waals surface area contributed by atoms with Gasteiger partial charge in [0.15, 0.2) is 0 Å². The smallest absolute Gasteiger partial charge is 0.344 e. The molecule has 26 heavy (non-hydrogen) atoms. The summed E-state index contributed by atoms with van der Waals surface area (Å²) in [5.74, 6) is 0.175. The molecule has 128 valence electrons. The quantitative estimate of drug-likeness (QED) is 0.206. The largest absolute Gasteiger partial charge is 0.423 e. The SMILES string of the molecule is Cc1ccc2nc(-c3ccc(OC(=O)c4ccccc4I)cc3)sc2c1. The standard InChI is InChI=1S/C21H14INO2S/c1-13-6-11-18-19(12-13)26-20(23-18)14-7-9-15(10-8-14)25-21(24)16-4-2-3-5-17(16)22/h2-12H,1H3. The molecule has 0 amide bonds. The molecule has 0 radical (unpaired) electrons. The number of aryl methyl sites for hydroxylation is 1. The Bertz CT molecular complexity index is 1100. The third-order valence-corrected chi connectivity index (χ3v) is 5.96. The second-order valence-electron chi connectivity index (χ2n) is 5.88. The van der Waals surface area contributed by atoms with E-state index >= 15 is 0 Å². The Morgan fingerprint density at radius 3 is 2.58 bits per heavy atom. The number of thiazole rings is 1. The topological polar surface area (TPSA) is 39.2 Å². The fraction of sp³-hybridized carbons (Fsp3) is 0.0476. The van der Waals surface area contributed by atoms with E-state index in [1.807, 2.05) is 36.4 Å². The van der Waals surface area contributed by atoms with E-state index in [0.717, 1.165) is 19.7 Å². The summed E-state index contributed by atoms with van der Waals surface area (Å²) in [6.07, 6.45) is 0. The van der Waals surface area contributed by atoms with Crippen LogP contribution >= 0.6 is 33.9 Å². The van der Waals surface area contributed by atoms with Crippen molar-refractivity contribution in [3.05, 3.63) is 81.4 Å². The van der Waals surface area contributed by atoms with Crippen molar-refractivity contribution >= 4 is 50.1 Å². The van der Waals surface area contributed by atoms with E-state index in [-0.39, 0.29) is 5.97 Å². The summed E-state index contributed by atoms with van der Waals surface area (Å²) in [5, 5.41) is 0.959. The lowest BCUT2D eigenvalue weighted by Crippen LogP contribution is -2.09. The van der Waals surface area contributed by atoms with E-state index < -0.39 is 0 Å². The van der Waals surface area contributed by atoms with Crippen LogP contribution in [-0.4, -0.2) is 11.0 Å². The molecule has 0 atom stereocenters. The van der Waals surface area contributed by atoms with Crippen molar-refractivity contribution in [1.82, 2.24) is 4.98 Å². The zero-order valence-corrected chi connectivity index (χ0v) is 16.9. The van der Waals surface area contributed by atoms with E-state index in [1.165, 1.54) is 10.3 Å². The van der Waals surface area contributed by atoms with Crippen molar-refractivity contribution in [2.24, 2.45) is 0 Å². The van der Waals surface area contributed by atoms with Crippen LogP contribution in [0.1, 0.15) is 15.9 Å². The lowest BCUT2D eigenvalue weighted by molar-refractivity contribution is 0.0733. The first-order chi connectivity index (χ1) is 12.6. The van der Waals surface area contributed by atoms with Crippen LogP contribution in [0.3, 0.4) is 0 Å². The van der Waals surface area contributed by atoms with Crippen LogP contribution in [0.15, 0.2) is 66.7 Å². The van der Waals surface area contributed by atoms with Crippen LogP contribution in [0.5, 0.6) is 5.75 Å². The van der Waals surface area contributed by atoms with Gasteiger partial charge in [-0.15, -0.1) is 11.3 Å². The molecule has 1 heterocycles. The number of hydrogen-bond acceptors (Lipinski definition) is 4.